The van der Waals surface area contributed by atoms with E-state index in [1.54, 1.807) is 23.1 Å². The molecule has 4 nitrogen and oxygen atoms in total. The first kappa shape index (κ1) is 16.4. The molecule has 0 aromatic heterocycles. The number of nitrogen functional groups attached to an aromatic ring is 1. The molecule has 1 saturated heterocycles. The molecule has 1 aliphatic rings. The number of hydrogen-bond donors (Lipinski definition) is 1. The summed E-state index contributed by atoms with van der Waals surface area (Å²) >= 11 is 0. The monoisotopic (exact) mass is 332 g/mol. The van der Waals surface area contributed by atoms with Gasteiger partial charge in [-0.15, -0.1) is 0 Å². The molecule has 2 aromatic carbocycles. The molecular weight excluding hydrogens is 314 g/mol. The largest absolute Gasteiger partial charge is 0.399 e. The summed E-state index contributed by atoms with van der Waals surface area (Å²) in [7, 11) is 0. The van der Waals surface area contributed by atoms with E-state index >= 15 is 0 Å². The molecule has 0 saturated carbocycles. The first-order valence-corrected chi connectivity index (χ1v) is 7.67. The number of ether oxygens (including phenoxy) is 1. The van der Waals surface area contributed by atoms with Crippen molar-refractivity contribution in [1.82, 2.24) is 4.90 Å². The van der Waals surface area contributed by atoms with Gasteiger partial charge in [0.2, 0.25) is 0 Å². The minimum atomic E-state index is -0.925. The lowest BCUT2D eigenvalue weighted by Crippen LogP contribution is -2.42. The first-order chi connectivity index (χ1) is 11.5. The number of amides is 1. The van der Waals surface area contributed by atoms with Crippen LogP contribution in [0.4, 0.5) is 14.5 Å². The Morgan fingerprint density at radius 1 is 1.21 bits per heavy atom. The van der Waals surface area contributed by atoms with Gasteiger partial charge < -0.3 is 15.4 Å². The second kappa shape index (κ2) is 6.57. The average molecular weight is 332 g/mol. The van der Waals surface area contributed by atoms with Gasteiger partial charge in [0.05, 0.1) is 13.2 Å². The van der Waals surface area contributed by atoms with Gasteiger partial charge in [-0.05, 0) is 42.3 Å². The van der Waals surface area contributed by atoms with Crippen LogP contribution in [0.5, 0.6) is 0 Å². The maximum absolute atomic E-state index is 13.4. The van der Waals surface area contributed by atoms with E-state index in [9.17, 15) is 13.6 Å². The minimum absolute atomic E-state index is 0.143. The highest BCUT2D eigenvalue weighted by Gasteiger charge is 2.27. The Morgan fingerprint density at radius 2 is 2.00 bits per heavy atom. The van der Waals surface area contributed by atoms with Crippen LogP contribution >= 0.6 is 0 Å². The zero-order valence-electron chi connectivity index (χ0n) is 13.3. The van der Waals surface area contributed by atoms with E-state index in [0.29, 0.717) is 30.0 Å². The van der Waals surface area contributed by atoms with Crippen molar-refractivity contribution in [2.75, 3.05) is 25.4 Å². The van der Waals surface area contributed by atoms with Gasteiger partial charge in [0.1, 0.15) is 6.10 Å². The average Bonchev–Trinajstić information content (AvgIpc) is 2.59. The molecule has 1 amide bonds. The summed E-state index contributed by atoms with van der Waals surface area (Å²) in [6.07, 6.45) is -0.487. The zero-order valence-corrected chi connectivity index (χ0v) is 13.3. The Kier molecular flexibility index (Phi) is 4.49. The fourth-order valence-corrected chi connectivity index (χ4v) is 2.79. The lowest BCUT2D eigenvalue weighted by atomic mass is 10.0. The van der Waals surface area contributed by atoms with Crippen molar-refractivity contribution in [3.8, 4) is 0 Å². The van der Waals surface area contributed by atoms with E-state index in [1.165, 1.54) is 6.07 Å². The van der Waals surface area contributed by atoms with Gasteiger partial charge in [-0.1, -0.05) is 12.1 Å². The molecule has 1 aliphatic heterocycles. The molecule has 6 heteroatoms. The first-order valence-electron chi connectivity index (χ1n) is 7.67. The van der Waals surface area contributed by atoms with Gasteiger partial charge in [-0.25, -0.2) is 8.78 Å². The Balaban J connectivity index is 1.81. The summed E-state index contributed by atoms with van der Waals surface area (Å²) in [5.74, 6) is -1.97. The molecule has 1 heterocycles. The number of rotatable bonds is 2. The molecule has 2 aromatic rings. The van der Waals surface area contributed by atoms with Crippen molar-refractivity contribution in [2.45, 2.75) is 13.0 Å². The summed E-state index contributed by atoms with van der Waals surface area (Å²) in [6, 6.07) is 8.85. The predicted molar refractivity (Wildman–Crippen MR) is 86.5 cm³/mol. The van der Waals surface area contributed by atoms with Crippen molar-refractivity contribution in [3.05, 3.63) is 64.7 Å². The van der Waals surface area contributed by atoms with E-state index in [0.717, 1.165) is 17.7 Å². The third kappa shape index (κ3) is 3.23. The molecule has 0 bridgehead atoms. The second-order valence-corrected chi connectivity index (χ2v) is 5.86. The number of aryl methyl sites for hydroxylation is 1. The zero-order chi connectivity index (χ0) is 17.3. The van der Waals surface area contributed by atoms with Gasteiger partial charge in [0.15, 0.2) is 11.6 Å². The Morgan fingerprint density at radius 3 is 2.75 bits per heavy atom. The number of nitrogens with zero attached hydrogens (tertiary/aromatic N) is 1. The molecule has 1 atom stereocenters. The summed E-state index contributed by atoms with van der Waals surface area (Å²) in [4.78, 5) is 14.4. The maximum Gasteiger partial charge on any atom is 0.254 e. The van der Waals surface area contributed by atoms with E-state index in [4.69, 9.17) is 10.5 Å². The predicted octanol–water partition coefficient (Wildman–Crippen LogP) is 3.07. The maximum atomic E-state index is 13.4. The Labute approximate surface area is 138 Å². The third-order valence-corrected chi connectivity index (χ3v) is 4.16. The third-order valence-electron chi connectivity index (χ3n) is 4.16. The smallest absolute Gasteiger partial charge is 0.254 e. The van der Waals surface area contributed by atoms with Gasteiger partial charge in [-0.2, -0.15) is 0 Å². The van der Waals surface area contributed by atoms with Gasteiger partial charge in [0, 0.05) is 17.8 Å². The number of anilines is 1. The van der Waals surface area contributed by atoms with Gasteiger partial charge >= 0.3 is 0 Å². The van der Waals surface area contributed by atoms with Gasteiger partial charge in [0.25, 0.3) is 5.91 Å². The molecule has 0 aliphatic carbocycles. The van der Waals surface area contributed by atoms with Crippen LogP contribution in [-0.2, 0) is 4.74 Å². The fourth-order valence-electron chi connectivity index (χ4n) is 2.79. The van der Waals surface area contributed by atoms with E-state index in [2.05, 4.69) is 0 Å². The van der Waals surface area contributed by atoms with Crippen molar-refractivity contribution < 1.29 is 18.3 Å². The number of benzene rings is 2. The second-order valence-electron chi connectivity index (χ2n) is 5.86. The quantitative estimate of drug-likeness (QED) is 0.860. The van der Waals surface area contributed by atoms with Crippen LogP contribution in [0.3, 0.4) is 0 Å². The van der Waals surface area contributed by atoms with Crippen LogP contribution in [0.15, 0.2) is 36.4 Å². The fraction of sp³-hybridized carbons (Fsp3) is 0.278. The molecular formula is C18H18F2N2O2. The number of carbonyl (C=O) groups is 1. The number of hydrogen-bond acceptors (Lipinski definition) is 3. The molecule has 126 valence electrons. The van der Waals surface area contributed by atoms with E-state index in [1.807, 2.05) is 6.92 Å². The van der Waals surface area contributed by atoms with Crippen molar-refractivity contribution in [2.24, 2.45) is 0 Å². The number of morpholine rings is 1. The normalized spacial score (nSPS) is 17.8. The Bertz CT molecular complexity index is 780. The topological polar surface area (TPSA) is 55.6 Å². The number of halogens is 2. The SMILES string of the molecule is Cc1ccc(N)cc1C(=O)N1CCOC(c2ccc(F)c(F)c2)C1. The Hall–Kier alpha value is -2.47. The highest BCUT2D eigenvalue weighted by molar-refractivity contribution is 5.96. The van der Waals surface area contributed by atoms with Crippen LogP contribution in [0, 0.1) is 18.6 Å². The van der Waals surface area contributed by atoms with Crippen LogP contribution in [0.1, 0.15) is 27.6 Å². The summed E-state index contributed by atoms with van der Waals surface area (Å²) in [5, 5.41) is 0. The summed E-state index contributed by atoms with van der Waals surface area (Å²) in [5.41, 5.74) is 8.18. The summed E-state index contributed by atoms with van der Waals surface area (Å²) in [6.45, 7) is 2.89. The number of carbonyl (C=O) groups excluding carboxylic acids is 1. The molecule has 3 rings (SSSR count). The van der Waals surface area contributed by atoms with Crippen molar-refractivity contribution >= 4 is 11.6 Å². The van der Waals surface area contributed by atoms with E-state index in [-0.39, 0.29) is 12.5 Å². The number of nitrogens with two attached hydrogens (primary N) is 1. The standard InChI is InChI=1S/C18H18F2N2O2/c1-11-2-4-13(21)9-14(11)18(23)22-6-7-24-17(10-22)12-3-5-15(19)16(20)8-12/h2-5,8-9,17H,6-7,10,21H2,1H3. The highest BCUT2D eigenvalue weighted by Crippen LogP contribution is 2.25. The van der Waals surface area contributed by atoms with Crippen LogP contribution < -0.4 is 5.73 Å². The lowest BCUT2D eigenvalue weighted by molar-refractivity contribution is -0.0230. The molecule has 24 heavy (non-hydrogen) atoms. The van der Waals surface area contributed by atoms with Gasteiger partial charge in [-0.3, -0.25) is 4.79 Å². The minimum Gasteiger partial charge on any atom is -0.399 e. The molecule has 0 radical (unpaired) electrons. The van der Waals surface area contributed by atoms with Crippen molar-refractivity contribution in [3.63, 3.8) is 0 Å². The van der Waals surface area contributed by atoms with E-state index < -0.39 is 17.7 Å². The van der Waals surface area contributed by atoms with Crippen LogP contribution in [-0.4, -0.2) is 30.5 Å². The molecule has 0 spiro atoms. The molecule has 1 fully saturated rings. The lowest BCUT2D eigenvalue weighted by Gasteiger charge is -2.33. The highest BCUT2D eigenvalue weighted by atomic mass is 19.2. The summed E-state index contributed by atoms with van der Waals surface area (Å²) < 4.78 is 32.1. The molecule has 2 N–H and O–H groups in total. The van der Waals surface area contributed by atoms with Crippen LogP contribution in [0.25, 0.3) is 0 Å². The van der Waals surface area contributed by atoms with Crippen LogP contribution in [0.2, 0.25) is 0 Å². The molecule has 1 unspecified atom stereocenters. The van der Waals surface area contributed by atoms with Crippen molar-refractivity contribution in [1.29, 1.82) is 0 Å².